The van der Waals surface area contributed by atoms with Crippen LogP contribution in [0.25, 0.3) is 22.4 Å². The molecule has 0 radical (unpaired) electrons. The quantitative estimate of drug-likeness (QED) is 0.164. The Morgan fingerprint density at radius 2 is 1.36 bits per heavy atom. The average molecular weight is 730 g/mol. The number of anilines is 1. The van der Waals surface area contributed by atoms with Crippen molar-refractivity contribution in [2.45, 2.75) is 84.0 Å². The van der Waals surface area contributed by atoms with Gasteiger partial charge in [-0.1, -0.05) is 70.5 Å². The van der Waals surface area contributed by atoms with E-state index in [0.29, 0.717) is 30.9 Å². The number of alkyl carbamates (subject to hydrolysis) is 2. The number of aromatic amines is 1. The molecule has 5 atom stereocenters. The molecule has 2 fully saturated rings. The maximum absolute atomic E-state index is 13.5. The lowest BCUT2D eigenvalue weighted by Gasteiger charge is -2.29. The minimum atomic E-state index is -0.771. The summed E-state index contributed by atoms with van der Waals surface area (Å²) in [6.45, 7) is 8.03. The van der Waals surface area contributed by atoms with E-state index in [4.69, 9.17) is 9.72 Å². The van der Waals surface area contributed by atoms with Gasteiger partial charge in [-0.15, -0.1) is 0 Å². The van der Waals surface area contributed by atoms with Gasteiger partial charge in [-0.2, -0.15) is 0 Å². The Morgan fingerprint density at radius 1 is 0.774 bits per heavy atom. The number of hydrogen-bond acceptors (Lipinski definition) is 8. The van der Waals surface area contributed by atoms with E-state index in [9.17, 15) is 24.0 Å². The fourth-order valence-electron chi connectivity index (χ4n) is 7.10. The Kier molecular flexibility index (Phi) is 12.8. The van der Waals surface area contributed by atoms with Crippen molar-refractivity contribution in [1.82, 2.24) is 30.8 Å². The van der Waals surface area contributed by atoms with Crippen LogP contribution in [0, 0.1) is 17.8 Å². The van der Waals surface area contributed by atoms with Gasteiger partial charge >= 0.3 is 12.2 Å². The second kappa shape index (κ2) is 17.4. The first-order valence-electron chi connectivity index (χ1n) is 18.3. The van der Waals surface area contributed by atoms with Crippen molar-refractivity contribution in [1.29, 1.82) is 0 Å². The lowest BCUT2D eigenvalue weighted by molar-refractivity contribution is -0.135. The molecule has 1 aliphatic heterocycles. The first-order chi connectivity index (χ1) is 25.4. The minimum Gasteiger partial charge on any atom is -0.453 e. The van der Waals surface area contributed by atoms with E-state index in [2.05, 4.69) is 31.0 Å². The fraction of sp³-hybridized carbons (Fsp3) is 0.487. The monoisotopic (exact) mass is 729 g/mol. The van der Waals surface area contributed by atoms with E-state index in [-0.39, 0.29) is 41.6 Å². The molecule has 0 spiro atoms. The number of ether oxygens (including phenoxy) is 2. The van der Waals surface area contributed by atoms with Crippen LogP contribution in [0.3, 0.4) is 0 Å². The van der Waals surface area contributed by atoms with Gasteiger partial charge in [0, 0.05) is 30.0 Å². The Balaban J connectivity index is 1.19. The molecule has 14 heteroatoms. The second-order valence-electron chi connectivity index (χ2n) is 14.4. The SMILES string of the molecule is COC(=O)N[C@H](C(=O)N[C@@H]1CCC[C@H]1C(=O)Nc1ccc(-c2ccc(-c3c[nH]c([C@@H]4CCCN4C(=O)[C@@H](NC(=O)OC)C(C)C)n3)cc2)cc1)C(C)C. The van der Waals surface area contributed by atoms with Crippen molar-refractivity contribution in [3.05, 3.63) is 60.6 Å². The third-order valence-electron chi connectivity index (χ3n) is 10.1. The van der Waals surface area contributed by atoms with Crippen LogP contribution in [-0.4, -0.2) is 83.7 Å². The first-order valence-corrected chi connectivity index (χ1v) is 18.3. The first kappa shape index (κ1) is 38.8. The van der Waals surface area contributed by atoms with E-state index in [1.54, 1.807) is 4.90 Å². The number of nitrogens with zero attached hydrogens (tertiary/aromatic N) is 2. The predicted molar refractivity (Wildman–Crippen MR) is 199 cm³/mol. The van der Waals surface area contributed by atoms with Crippen LogP contribution in [0.1, 0.15) is 71.7 Å². The predicted octanol–water partition coefficient (Wildman–Crippen LogP) is 5.39. The molecule has 2 aromatic carbocycles. The van der Waals surface area contributed by atoms with Gasteiger partial charge in [0.2, 0.25) is 17.7 Å². The van der Waals surface area contributed by atoms with Crippen LogP contribution in [0.5, 0.6) is 0 Å². The van der Waals surface area contributed by atoms with Gasteiger partial charge in [0.25, 0.3) is 0 Å². The van der Waals surface area contributed by atoms with Gasteiger partial charge in [0.05, 0.1) is 31.9 Å². The smallest absolute Gasteiger partial charge is 0.407 e. The summed E-state index contributed by atoms with van der Waals surface area (Å²) in [6, 6.07) is 13.6. The second-order valence-corrected chi connectivity index (χ2v) is 14.4. The summed E-state index contributed by atoms with van der Waals surface area (Å²) in [5.74, 6) is -0.613. The van der Waals surface area contributed by atoms with E-state index in [1.807, 2.05) is 82.4 Å². The van der Waals surface area contributed by atoms with Gasteiger partial charge in [0.1, 0.15) is 17.9 Å². The zero-order valence-corrected chi connectivity index (χ0v) is 31.2. The van der Waals surface area contributed by atoms with Crippen molar-refractivity contribution in [2.75, 3.05) is 26.1 Å². The number of H-pyrrole nitrogens is 1. The van der Waals surface area contributed by atoms with Crippen molar-refractivity contribution < 1.29 is 33.4 Å². The Labute approximate surface area is 310 Å². The molecule has 1 saturated heterocycles. The molecule has 3 aromatic rings. The normalized spacial score (nSPS) is 19.4. The lowest BCUT2D eigenvalue weighted by atomic mass is 9.99. The van der Waals surface area contributed by atoms with Gasteiger partial charge < -0.3 is 40.6 Å². The zero-order valence-electron chi connectivity index (χ0n) is 31.2. The molecule has 2 heterocycles. The summed E-state index contributed by atoms with van der Waals surface area (Å²) < 4.78 is 9.40. The minimum absolute atomic E-state index is 0.114. The number of methoxy groups -OCH3 is 2. The molecule has 1 aromatic heterocycles. The number of nitrogens with one attached hydrogen (secondary N) is 5. The third kappa shape index (κ3) is 9.34. The number of benzene rings is 2. The van der Waals surface area contributed by atoms with Crippen LogP contribution in [0.4, 0.5) is 15.3 Å². The summed E-state index contributed by atoms with van der Waals surface area (Å²) in [5, 5.41) is 11.2. The largest absolute Gasteiger partial charge is 0.453 e. The Morgan fingerprint density at radius 3 is 1.96 bits per heavy atom. The van der Waals surface area contributed by atoms with Gasteiger partial charge in [-0.3, -0.25) is 14.4 Å². The Bertz CT molecular complexity index is 1760. The number of amides is 5. The van der Waals surface area contributed by atoms with Crippen molar-refractivity contribution >= 4 is 35.6 Å². The Hall–Kier alpha value is -5.40. The molecule has 2 aliphatic rings. The highest BCUT2D eigenvalue weighted by atomic mass is 16.5. The van der Waals surface area contributed by atoms with E-state index in [1.165, 1.54) is 14.2 Å². The van der Waals surface area contributed by atoms with Gasteiger partial charge in [-0.25, -0.2) is 14.6 Å². The molecular formula is C39H51N7O7. The number of carbonyl (C=O) groups is 5. The standard InChI is InChI=1S/C39H51N7O7/c1-22(2)32(44-38(50)52-5)36(48)43-29-10-7-9-28(29)35(47)41-27-18-16-25(17-19-27)24-12-14-26(15-13-24)30-21-40-34(42-30)31-11-8-20-46(31)37(49)33(23(3)4)45-39(51)53-6/h12-19,21-23,28-29,31-33H,7-11,20H2,1-6H3,(H,40,42)(H,41,47)(H,43,48)(H,44,50)(H,45,51)/t28-,29-,31+,32+,33+/m1/s1. The number of hydrogen-bond donors (Lipinski definition) is 5. The fourth-order valence-corrected chi connectivity index (χ4v) is 7.10. The topological polar surface area (TPSA) is 184 Å². The van der Waals surface area contributed by atoms with Crippen LogP contribution in [0.2, 0.25) is 0 Å². The molecular weight excluding hydrogens is 678 g/mol. The molecule has 53 heavy (non-hydrogen) atoms. The summed E-state index contributed by atoms with van der Waals surface area (Å²) in [5.41, 5.74) is 4.30. The van der Waals surface area contributed by atoms with Crippen molar-refractivity contribution in [3.8, 4) is 22.4 Å². The van der Waals surface area contributed by atoms with E-state index >= 15 is 0 Å². The molecule has 0 unspecified atom stereocenters. The highest BCUT2D eigenvalue weighted by Crippen LogP contribution is 2.33. The molecule has 5 rings (SSSR count). The maximum atomic E-state index is 13.5. The van der Waals surface area contributed by atoms with E-state index < -0.39 is 30.2 Å². The van der Waals surface area contributed by atoms with E-state index in [0.717, 1.165) is 41.6 Å². The van der Waals surface area contributed by atoms with Crippen molar-refractivity contribution in [2.24, 2.45) is 17.8 Å². The molecule has 5 N–H and O–H groups in total. The maximum Gasteiger partial charge on any atom is 0.407 e. The number of aromatic nitrogens is 2. The summed E-state index contributed by atoms with van der Waals surface area (Å²) in [7, 11) is 2.53. The molecule has 14 nitrogen and oxygen atoms in total. The molecule has 1 saturated carbocycles. The number of rotatable bonds is 12. The van der Waals surface area contributed by atoms with Crippen LogP contribution in [-0.2, 0) is 23.9 Å². The molecule has 284 valence electrons. The number of likely N-dealkylation sites (tertiary alicyclic amines) is 1. The number of carbonyl (C=O) groups excluding carboxylic acids is 5. The molecule has 1 aliphatic carbocycles. The van der Waals surface area contributed by atoms with Crippen LogP contribution in [0.15, 0.2) is 54.7 Å². The van der Waals surface area contributed by atoms with Crippen LogP contribution < -0.4 is 21.3 Å². The highest BCUT2D eigenvalue weighted by molar-refractivity contribution is 5.94. The van der Waals surface area contributed by atoms with Crippen molar-refractivity contribution in [3.63, 3.8) is 0 Å². The average Bonchev–Trinajstić information content (AvgIpc) is 3.94. The highest BCUT2D eigenvalue weighted by Gasteiger charge is 2.38. The molecule has 5 amide bonds. The summed E-state index contributed by atoms with van der Waals surface area (Å²) in [4.78, 5) is 73.4. The summed E-state index contributed by atoms with van der Waals surface area (Å²) in [6.07, 6.45) is 4.27. The van der Waals surface area contributed by atoms with Gasteiger partial charge in [0.15, 0.2) is 0 Å². The number of imidazole rings is 1. The molecule has 0 bridgehead atoms. The summed E-state index contributed by atoms with van der Waals surface area (Å²) >= 11 is 0. The van der Waals surface area contributed by atoms with Crippen LogP contribution >= 0.6 is 0 Å². The zero-order chi connectivity index (χ0) is 38.2. The third-order valence-corrected chi connectivity index (χ3v) is 10.1. The van der Waals surface area contributed by atoms with Gasteiger partial charge in [-0.05, 0) is 60.8 Å². The lowest BCUT2D eigenvalue weighted by Crippen LogP contribution is -2.53.